The molecule has 2 heterocycles. The summed E-state index contributed by atoms with van der Waals surface area (Å²) < 4.78 is 5.19. The highest BCUT2D eigenvalue weighted by molar-refractivity contribution is 6.10. The van der Waals surface area contributed by atoms with Crippen LogP contribution in [0.1, 0.15) is 29.8 Å². The molecule has 31 heavy (non-hydrogen) atoms. The Labute approximate surface area is 179 Å². The maximum atomic E-state index is 12.9. The minimum Gasteiger partial charge on any atom is -0.497 e. The van der Waals surface area contributed by atoms with Crippen LogP contribution in [0.15, 0.2) is 41.5 Å². The summed E-state index contributed by atoms with van der Waals surface area (Å²) in [6.07, 6.45) is 3.37. The van der Waals surface area contributed by atoms with E-state index in [1.54, 1.807) is 44.2 Å². The number of amides is 4. The smallest absolute Gasteiger partial charge is 0.323 e. The fraction of sp³-hybridized carbons (Fsp3) is 0.304. The third kappa shape index (κ3) is 3.59. The van der Waals surface area contributed by atoms with Crippen LogP contribution in [0.5, 0.6) is 5.75 Å². The lowest BCUT2D eigenvalue weighted by atomic mass is 9.90. The standard InChI is InChI=1S/C23H21N3O5/c1-13-8-15(9-14(2)19(13)27)6-7-23(21(29)24-22(30)25-23)12-26-11-16-4-5-17(31-3)10-18(16)20(26)28/h4-5,8-10,13H,11-12H2,1-3H3,(H2,24,25,29,30)/t13?,23-/m1/s1. The number of hydrogen-bond acceptors (Lipinski definition) is 5. The second-order valence-electron chi connectivity index (χ2n) is 7.85. The molecule has 3 aliphatic rings. The van der Waals surface area contributed by atoms with E-state index in [9.17, 15) is 19.2 Å². The molecule has 158 valence electrons. The number of carbonyl (C=O) groups excluding carboxylic acids is 4. The summed E-state index contributed by atoms with van der Waals surface area (Å²) in [6.45, 7) is 3.66. The van der Waals surface area contributed by atoms with E-state index in [1.807, 2.05) is 0 Å². The van der Waals surface area contributed by atoms with E-state index in [0.29, 0.717) is 22.5 Å². The molecule has 8 nitrogen and oxygen atoms in total. The average Bonchev–Trinajstić information content (AvgIpc) is 3.19. The van der Waals surface area contributed by atoms with Crippen LogP contribution in [0.3, 0.4) is 0 Å². The number of ketones is 1. The number of carbonyl (C=O) groups is 4. The molecule has 2 N–H and O–H groups in total. The fourth-order valence-corrected chi connectivity index (χ4v) is 3.93. The van der Waals surface area contributed by atoms with Gasteiger partial charge >= 0.3 is 6.03 Å². The van der Waals surface area contributed by atoms with Crippen molar-refractivity contribution in [1.82, 2.24) is 15.5 Å². The maximum Gasteiger partial charge on any atom is 0.323 e. The first-order valence-electron chi connectivity index (χ1n) is 9.80. The molecule has 0 radical (unpaired) electrons. The summed E-state index contributed by atoms with van der Waals surface area (Å²) in [7, 11) is 1.52. The van der Waals surface area contributed by atoms with Gasteiger partial charge in [0, 0.05) is 23.6 Å². The quantitative estimate of drug-likeness (QED) is 0.568. The molecule has 1 aromatic rings. The molecule has 2 aliphatic heterocycles. The molecule has 1 fully saturated rings. The average molecular weight is 419 g/mol. The molecule has 1 unspecified atom stereocenters. The van der Waals surface area contributed by atoms with Gasteiger partial charge in [-0.15, -0.1) is 0 Å². The number of Topliss-reactive ketones (excluding diaryl/α,β-unsaturated/α-hetero) is 1. The van der Waals surface area contributed by atoms with Gasteiger partial charge in [0.25, 0.3) is 11.8 Å². The summed E-state index contributed by atoms with van der Waals surface area (Å²) in [6, 6.07) is 4.55. The van der Waals surface area contributed by atoms with Gasteiger partial charge < -0.3 is 15.0 Å². The van der Waals surface area contributed by atoms with E-state index in [4.69, 9.17) is 4.74 Å². The molecule has 0 spiro atoms. The second-order valence-corrected chi connectivity index (χ2v) is 7.85. The first-order valence-corrected chi connectivity index (χ1v) is 9.80. The van der Waals surface area contributed by atoms with Crippen LogP contribution in [-0.2, 0) is 16.1 Å². The Balaban J connectivity index is 1.64. The molecule has 0 bridgehead atoms. The number of benzene rings is 1. The number of allylic oxidation sites excluding steroid dienone is 4. The van der Waals surface area contributed by atoms with E-state index >= 15 is 0 Å². The van der Waals surface area contributed by atoms with Gasteiger partial charge in [-0.25, -0.2) is 4.79 Å². The Morgan fingerprint density at radius 2 is 2.03 bits per heavy atom. The molecule has 0 saturated carbocycles. The predicted octanol–water partition coefficient (Wildman–Crippen LogP) is 1.32. The van der Waals surface area contributed by atoms with Gasteiger partial charge in [-0.05, 0) is 36.3 Å². The largest absolute Gasteiger partial charge is 0.497 e. The molecule has 1 saturated heterocycles. The minimum atomic E-state index is -1.59. The van der Waals surface area contributed by atoms with Gasteiger partial charge in [0.15, 0.2) is 5.78 Å². The highest BCUT2D eigenvalue weighted by Gasteiger charge is 2.48. The van der Waals surface area contributed by atoms with Crippen molar-refractivity contribution >= 4 is 23.6 Å². The number of imide groups is 1. The summed E-state index contributed by atoms with van der Waals surface area (Å²) in [5.41, 5.74) is 0.866. The summed E-state index contributed by atoms with van der Waals surface area (Å²) in [4.78, 5) is 51.0. The van der Waals surface area contributed by atoms with E-state index in [1.165, 1.54) is 12.0 Å². The van der Waals surface area contributed by atoms with Crippen molar-refractivity contribution in [3.63, 3.8) is 0 Å². The van der Waals surface area contributed by atoms with Crippen LogP contribution in [0.25, 0.3) is 0 Å². The zero-order chi connectivity index (χ0) is 22.3. The van der Waals surface area contributed by atoms with Gasteiger partial charge in [0.05, 0.1) is 13.7 Å². The normalized spacial score (nSPS) is 24.6. The van der Waals surface area contributed by atoms with Crippen molar-refractivity contribution in [2.75, 3.05) is 13.7 Å². The number of rotatable bonds is 3. The number of hydrogen-bond donors (Lipinski definition) is 2. The highest BCUT2D eigenvalue weighted by Crippen LogP contribution is 2.28. The fourth-order valence-electron chi connectivity index (χ4n) is 3.93. The van der Waals surface area contributed by atoms with E-state index in [-0.39, 0.29) is 30.7 Å². The Bertz CT molecular complexity index is 1150. The van der Waals surface area contributed by atoms with Gasteiger partial charge in [-0.3, -0.25) is 19.7 Å². The first kappa shape index (κ1) is 20.4. The van der Waals surface area contributed by atoms with Crippen LogP contribution in [-0.4, -0.2) is 47.7 Å². The van der Waals surface area contributed by atoms with Crippen LogP contribution in [0.4, 0.5) is 4.79 Å². The van der Waals surface area contributed by atoms with Crippen molar-refractivity contribution in [3.05, 3.63) is 52.6 Å². The third-order valence-electron chi connectivity index (χ3n) is 5.59. The zero-order valence-corrected chi connectivity index (χ0v) is 17.4. The van der Waals surface area contributed by atoms with Crippen molar-refractivity contribution < 1.29 is 23.9 Å². The second kappa shape index (κ2) is 7.43. The number of urea groups is 1. The SMILES string of the molecule is COc1ccc2c(c1)C(=O)N(C[C@@]1(C#CC3=CC(C)C(=O)C(C)=C3)NC(=O)NC1=O)C2. The van der Waals surface area contributed by atoms with Crippen molar-refractivity contribution in [1.29, 1.82) is 0 Å². The molecule has 0 aromatic heterocycles. The van der Waals surface area contributed by atoms with Gasteiger partial charge in [-0.2, -0.15) is 0 Å². The van der Waals surface area contributed by atoms with Gasteiger partial charge in [-0.1, -0.05) is 30.9 Å². The maximum absolute atomic E-state index is 12.9. The zero-order valence-electron chi connectivity index (χ0n) is 17.4. The molecule has 4 rings (SSSR count). The van der Waals surface area contributed by atoms with Gasteiger partial charge in [0.1, 0.15) is 5.75 Å². The van der Waals surface area contributed by atoms with Crippen LogP contribution in [0, 0.1) is 17.8 Å². The van der Waals surface area contributed by atoms with Crippen molar-refractivity contribution in [2.45, 2.75) is 25.9 Å². The lowest BCUT2D eigenvalue weighted by molar-refractivity contribution is -0.122. The number of ether oxygens (including phenoxy) is 1. The van der Waals surface area contributed by atoms with Crippen LogP contribution >= 0.6 is 0 Å². The molecular formula is C23H21N3O5. The molecule has 4 amide bonds. The van der Waals surface area contributed by atoms with Crippen LogP contribution < -0.4 is 15.4 Å². The molecule has 8 heteroatoms. The van der Waals surface area contributed by atoms with E-state index < -0.39 is 17.5 Å². The monoisotopic (exact) mass is 419 g/mol. The molecule has 1 aliphatic carbocycles. The topological polar surface area (TPSA) is 105 Å². The van der Waals surface area contributed by atoms with Crippen molar-refractivity contribution in [3.8, 4) is 17.6 Å². The summed E-state index contributed by atoms with van der Waals surface area (Å²) in [5.74, 6) is 5.15. The number of nitrogens with one attached hydrogen (secondary N) is 2. The Morgan fingerprint density at radius 1 is 1.26 bits per heavy atom. The van der Waals surface area contributed by atoms with E-state index in [0.717, 1.165) is 5.56 Å². The highest BCUT2D eigenvalue weighted by atomic mass is 16.5. The third-order valence-corrected chi connectivity index (χ3v) is 5.59. The lowest BCUT2D eigenvalue weighted by Gasteiger charge is -2.26. The first-order chi connectivity index (χ1) is 14.7. The Morgan fingerprint density at radius 3 is 2.68 bits per heavy atom. The van der Waals surface area contributed by atoms with E-state index in [2.05, 4.69) is 22.5 Å². The Hall–Kier alpha value is -3.86. The molecule has 1 aromatic carbocycles. The lowest BCUT2D eigenvalue weighted by Crippen LogP contribution is -2.54. The number of fused-ring (bicyclic) bond motifs is 1. The van der Waals surface area contributed by atoms with Crippen LogP contribution in [0.2, 0.25) is 0 Å². The molecular weight excluding hydrogens is 398 g/mol. The van der Waals surface area contributed by atoms with Crippen molar-refractivity contribution in [2.24, 2.45) is 5.92 Å². The number of nitrogens with zero attached hydrogens (tertiary/aromatic N) is 1. The summed E-state index contributed by atoms with van der Waals surface area (Å²) >= 11 is 0. The Kier molecular flexibility index (Phi) is 4.90. The minimum absolute atomic E-state index is 0.0167. The predicted molar refractivity (Wildman–Crippen MR) is 111 cm³/mol. The van der Waals surface area contributed by atoms with Gasteiger partial charge in [0.2, 0.25) is 5.54 Å². The number of methoxy groups -OCH3 is 1. The molecule has 2 atom stereocenters. The summed E-state index contributed by atoms with van der Waals surface area (Å²) in [5, 5.41) is 4.79.